The van der Waals surface area contributed by atoms with Gasteiger partial charge in [-0.3, -0.25) is 0 Å². The molecule has 1 aromatic heterocycles. The first-order valence-electron chi connectivity index (χ1n) is 4.83. The van der Waals surface area contributed by atoms with Crippen LogP contribution >= 0.6 is 0 Å². The molecule has 0 fully saturated rings. The largest absolute Gasteiger partial charge is 0.244 e. The number of nitrogens with zero attached hydrogens (tertiary/aromatic N) is 3. The first-order chi connectivity index (χ1) is 8.11. The lowest BCUT2D eigenvalue weighted by Gasteiger charge is -2.06. The summed E-state index contributed by atoms with van der Waals surface area (Å²) in [6.07, 6.45) is 2.06. The predicted octanol–water partition coefficient (Wildman–Crippen LogP) is 0.535. The van der Waals surface area contributed by atoms with Crippen LogP contribution in [-0.4, -0.2) is 19.9 Å². The highest BCUT2D eigenvalue weighted by Gasteiger charge is 2.18. The van der Waals surface area contributed by atoms with E-state index in [4.69, 9.17) is 10.5 Å². The third kappa shape index (κ3) is 3.52. The highest BCUT2D eigenvalue weighted by Crippen LogP contribution is 2.11. The minimum atomic E-state index is -3.73. The van der Waals surface area contributed by atoms with Gasteiger partial charge in [0.05, 0.1) is 6.07 Å². The van der Waals surface area contributed by atoms with E-state index in [9.17, 15) is 8.42 Å². The maximum atomic E-state index is 11.8. The Morgan fingerprint density at radius 2 is 2.18 bits per heavy atom. The molecule has 17 heavy (non-hydrogen) atoms. The van der Waals surface area contributed by atoms with Gasteiger partial charge in [0.2, 0.25) is 10.0 Å². The van der Waals surface area contributed by atoms with Crippen LogP contribution in [0.5, 0.6) is 0 Å². The molecule has 6 nitrogen and oxygen atoms in total. The van der Waals surface area contributed by atoms with Crippen molar-refractivity contribution in [2.75, 3.05) is 6.54 Å². The molecule has 1 N–H and O–H groups in total. The lowest BCUT2D eigenvalue weighted by atomic mass is 10.3. The molecule has 88 valence electrons. The molecule has 0 amide bonds. The zero-order valence-corrected chi connectivity index (χ0v) is 9.74. The van der Waals surface area contributed by atoms with Crippen LogP contribution in [0.25, 0.3) is 0 Å². The molecule has 0 spiro atoms. The molecule has 0 aliphatic rings. The summed E-state index contributed by atoms with van der Waals surface area (Å²) in [7, 11) is -3.73. The molecule has 1 rings (SSSR count). The van der Waals surface area contributed by atoms with Gasteiger partial charge in [0, 0.05) is 19.2 Å². The van der Waals surface area contributed by atoms with Gasteiger partial charge < -0.3 is 0 Å². The number of nitrogens with one attached hydrogen (secondary N) is 1. The Morgan fingerprint density at radius 3 is 2.82 bits per heavy atom. The summed E-state index contributed by atoms with van der Waals surface area (Å²) in [6.45, 7) is 0.162. The van der Waals surface area contributed by atoms with E-state index in [-0.39, 0.29) is 23.6 Å². The molecule has 0 aromatic carbocycles. The van der Waals surface area contributed by atoms with Crippen LogP contribution < -0.4 is 4.72 Å². The standard InChI is InChI=1S/C10H10N4O2S/c11-5-1-2-7-14-17(15,16)10-4-3-6-13-9(10)8-12/h3-4,6,14H,1-2,7H2. The molecule has 1 aromatic rings. The fourth-order valence-corrected chi connectivity index (χ4v) is 2.32. The van der Waals surface area contributed by atoms with E-state index in [1.807, 2.05) is 6.07 Å². The lowest BCUT2D eigenvalue weighted by molar-refractivity contribution is 0.579. The van der Waals surface area contributed by atoms with Gasteiger partial charge in [-0.05, 0) is 18.6 Å². The van der Waals surface area contributed by atoms with E-state index < -0.39 is 10.0 Å². The summed E-state index contributed by atoms with van der Waals surface area (Å²) in [5.41, 5.74) is -0.139. The Morgan fingerprint density at radius 1 is 1.41 bits per heavy atom. The Bertz CT molecular complexity index is 569. The minimum absolute atomic E-state index is 0.139. The van der Waals surface area contributed by atoms with Crippen molar-refractivity contribution in [1.29, 1.82) is 10.5 Å². The zero-order valence-electron chi connectivity index (χ0n) is 8.92. The maximum absolute atomic E-state index is 11.8. The SMILES string of the molecule is N#CCCCNS(=O)(=O)c1cccnc1C#N. The van der Waals surface area contributed by atoms with Gasteiger partial charge in [0.15, 0.2) is 5.69 Å². The van der Waals surface area contributed by atoms with Crippen molar-refractivity contribution in [2.45, 2.75) is 17.7 Å². The molecule has 7 heteroatoms. The van der Waals surface area contributed by atoms with Gasteiger partial charge in [-0.1, -0.05) is 0 Å². The normalized spacial score (nSPS) is 10.5. The molecule has 0 radical (unpaired) electrons. The Hall–Kier alpha value is -1.96. The molecule has 0 bridgehead atoms. The summed E-state index contributed by atoms with van der Waals surface area (Å²) in [5.74, 6) is 0. The predicted molar refractivity (Wildman–Crippen MR) is 59.0 cm³/mol. The molecule has 0 saturated carbocycles. The second-order valence-electron chi connectivity index (χ2n) is 3.12. The van der Waals surface area contributed by atoms with Crippen LogP contribution in [0, 0.1) is 22.7 Å². The summed E-state index contributed by atoms with van der Waals surface area (Å²) < 4.78 is 25.9. The number of hydrogen-bond acceptors (Lipinski definition) is 5. The van der Waals surface area contributed by atoms with E-state index in [0.29, 0.717) is 6.42 Å². The van der Waals surface area contributed by atoms with Crippen LogP contribution in [0.15, 0.2) is 23.2 Å². The van der Waals surface area contributed by atoms with Crippen LogP contribution in [0.2, 0.25) is 0 Å². The smallest absolute Gasteiger partial charge is 0.243 e. The summed E-state index contributed by atoms with van der Waals surface area (Å²) in [4.78, 5) is 3.54. The van der Waals surface area contributed by atoms with Gasteiger partial charge in [0.1, 0.15) is 11.0 Å². The topological polar surface area (TPSA) is 107 Å². The van der Waals surface area contributed by atoms with Crippen molar-refractivity contribution < 1.29 is 8.42 Å². The van der Waals surface area contributed by atoms with Gasteiger partial charge >= 0.3 is 0 Å². The maximum Gasteiger partial charge on any atom is 0.243 e. The van der Waals surface area contributed by atoms with Crippen molar-refractivity contribution in [3.05, 3.63) is 24.0 Å². The van der Waals surface area contributed by atoms with E-state index in [2.05, 4.69) is 9.71 Å². The van der Waals surface area contributed by atoms with Gasteiger partial charge in [0.25, 0.3) is 0 Å². The quantitative estimate of drug-likeness (QED) is 0.767. The summed E-state index contributed by atoms with van der Waals surface area (Å²) in [6, 6.07) is 6.40. The first-order valence-corrected chi connectivity index (χ1v) is 6.32. The number of hydrogen-bond donors (Lipinski definition) is 1. The lowest BCUT2D eigenvalue weighted by Crippen LogP contribution is -2.25. The fraction of sp³-hybridized carbons (Fsp3) is 0.300. The average molecular weight is 250 g/mol. The summed E-state index contributed by atoms with van der Waals surface area (Å²) in [5, 5.41) is 17.1. The number of pyridine rings is 1. The van der Waals surface area contributed by atoms with Crippen molar-refractivity contribution in [1.82, 2.24) is 9.71 Å². The molecular formula is C10H10N4O2S. The van der Waals surface area contributed by atoms with E-state index >= 15 is 0 Å². The number of sulfonamides is 1. The molecule has 0 aliphatic heterocycles. The van der Waals surface area contributed by atoms with E-state index in [1.54, 1.807) is 6.07 Å². The second kappa shape index (κ2) is 5.94. The fourth-order valence-electron chi connectivity index (χ4n) is 1.14. The molecule has 1 heterocycles. The third-order valence-electron chi connectivity index (χ3n) is 1.92. The molecule has 0 atom stereocenters. The average Bonchev–Trinajstić information content (AvgIpc) is 2.34. The monoisotopic (exact) mass is 250 g/mol. The van der Waals surface area contributed by atoms with Crippen LogP contribution in [0.3, 0.4) is 0 Å². The first kappa shape index (κ1) is 13.1. The Balaban J connectivity index is 2.84. The highest BCUT2D eigenvalue weighted by atomic mass is 32.2. The molecular weight excluding hydrogens is 240 g/mol. The van der Waals surface area contributed by atoms with Crippen molar-refractivity contribution in [3.63, 3.8) is 0 Å². The van der Waals surface area contributed by atoms with Gasteiger partial charge in [-0.2, -0.15) is 10.5 Å². The second-order valence-corrected chi connectivity index (χ2v) is 4.86. The van der Waals surface area contributed by atoms with Crippen molar-refractivity contribution in [3.8, 4) is 12.1 Å². The zero-order chi connectivity index (χ0) is 12.7. The van der Waals surface area contributed by atoms with Crippen LogP contribution in [0.1, 0.15) is 18.5 Å². The molecule has 0 saturated heterocycles. The molecule has 0 unspecified atom stereocenters. The number of rotatable bonds is 5. The summed E-state index contributed by atoms with van der Waals surface area (Å²) >= 11 is 0. The molecule has 0 aliphatic carbocycles. The number of nitriles is 2. The van der Waals surface area contributed by atoms with E-state index in [1.165, 1.54) is 18.3 Å². The third-order valence-corrected chi connectivity index (χ3v) is 3.42. The highest BCUT2D eigenvalue weighted by molar-refractivity contribution is 7.89. The minimum Gasteiger partial charge on any atom is -0.244 e. The van der Waals surface area contributed by atoms with E-state index in [0.717, 1.165) is 0 Å². The van der Waals surface area contributed by atoms with Gasteiger partial charge in [-0.25, -0.2) is 18.1 Å². The van der Waals surface area contributed by atoms with Crippen molar-refractivity contribution >= 4 is 10.0 Å². The van der Waals surface area contributed by atoms with Crippen molar-refractivity contribution in [2.24, 2.45) is 0 Å². The number of unbranched alkanes of at least 4 members (excludes halogenated alkanes) is 1. The Kier molecular flexibility index (Phi) is 4.58. The van der Waals surface area contributed by atoms with Crippen LogP contribution in [0.4, 0.5) is 0 Å². The Labute approximate surface area is 99.6 Å². The van der Waals surface area contributed by atoms with Crippen LogP contribution in [-0.2, 0) is 10.0 Å². The number of aromatic nitrogens is 1. The van der Waals surface area contributed by atoms with Gasteiger partial charge in [-0.15, -0.1) is 0 Å².